The van der Waals surface area contributed by atoms with Crippen LogP contribution in [-0.4, -0.2) is 23.9 Å². The number of amides is 1. The first-order valence-electron chi connectivity index (χ1n) is 10.6. The Morgan fingerprint density at radius 3 is 2.29 bits per heavy atom. The molecule has 1 fully saturated rings. The number of aryl methyl sites for hydroxylation is 3. The van der Waals surface area contributed by atoms with Gasteiger partial charge in [0.2, 0.25) is 5.91 Å². The third-order valence-corrected chi connectivity index (χ3v) is 6.01. The van der Waals surface area contributed by atoms with E-state index in [4.69, 9.17) is 0 Å². The van der Waals surface area contributed by atoms with Crippen molar-refractivity contribution in [2.24, 2.45) is 5.92 Å². The van der Waals surface area contributed by atoms with Crippen molar-refractivity contribution >= 4 is 5.91 Å². The van der Waals surface area contributed by atoms with Gasteiger partial charge in [0.25, 0.3) is 0 Å². The van der Waals surface area contributed by atoms with Crippen LogP contribution in [0.4, 0.5) is 0 Å². The van der Waals surface area contributed by atoms with Crippen LogP contribution in [0.2, 0.25) is 0 Å². The van der Waals surface area contributed by atoms with Crippen LogP contribution in [0.3, 0.4) is 0 Å². The summed E-state index contributed by atoms with van der Waals surface area (Å²) in [4.78, 5) is 15.4. The largest absolute Gasteiger partial charge is 0.349 e. The minimum absolute atomic E-state index is 0.110. The fraction of sp³-hybridized carbons (Fsp3) is 0.480. The van der Waals surface area contributed by atoms with Crippen molar-refractivity contribution in [2.45, 2.75) is 59.5 Å². The lowest BCUT2D eigenvalue weighted by Gasteiger charge is -2.32. The monoisotopic (exact) mass is 378 g/mol. The lowest BCUT2D eigenvalue weighted by atomic mass is 9.93. The van der Waals surface area contributed by atoms with E-state index in [9.17, 15) is 4.79 Å². The summed E-state index contributed by atoms with van der Waals surface area (Å²) >= 11 is 0. The summed E-state index contributed by atoms with van der Waals surface area (Å²) < 4.78 is 0. The zero-order valence-electron chi connectivity index (χ0n) is 17.8. The Balaban J connectivity index is 1.53. The van der Waals surface area contributed by atoms with Crippen molar-refractivity contribution in [1.82, 2.24) is 10.2 Å². The number of hydrogen-bond acceptors (Lipinski definition) is 2. The Morgan fingerprint density at radius 2 is 1.68 bits per heavy atom. The molecule has 1 atom stereocenters. The standard InChI is InChI=1S/C25H34N2O/c1-5-24(23-11-8-19(3)16-20(23)4)26-25(28)22-12-14-27(15-13-22)17-21-9-6-18(2)7-10-21/h6-11,16,22,24H,5,12-15,17H2,1-4H3,(H,26,28). The normalized spacial score (nSPS) is 16.7. The highest BCUT2D eigenvalue weighted by Gasteiger charge is 2.26. The Hall–Kier alpha value is -2.13. The number of carbonyl (C=O) groups excluding carboxylic acids is 1. The summed E-state index contributed by atoms with van der Waals surface area (Å²) in [5.41, 5.74) is 6.43. The van der Waals surface area contributed by atoms with Crippen molar-refractivity contribution in [1.29, 1.82) is 0 Å². The van der Waals surface area contributed by atoms with Crippen LogP contribution in [0.15, 0.2) is 42.5 Å². The molecule has 1 aliphatic heterocycles. The van der Waals surface area contributed by atoms with Gasteiger partial charge in [-0.3, -0.25) is 9.69 Å². The maximum atomic E-state index is 12.9. The molecule has 0 saturated carbocycles. The molecule has 1 aliphatic rings. The summed E-state index contributed by atoms with van der Waals surface area (Å²) in [6.07, 6.45) is 2.81. The Bertz CT molecular complexity index is 789. The second-order valence-electron chi connectivity index (χ2n) is 8.37. The van der Waals surface area contributed by atoms with Gasteiger partial charge in [0.15, 0.2) is 0 Å². The van der Waals surface area contributed by atoms with Gasteiger partial charge in [-0.2, -0.15) is 0 Å². The summed E-state index contributed by atoms with van der Waals surface area (Å²) in [6, 6.07) is 15.4. The van der Waals surface area contributed by atoms with E-state index in [0.29, 0.717) is 0 Å². The fourth-order valence-corrected chi connectivity index (χ4v) is 4.21. The molecule has 28 heavy (non-hydrogen) atoms. The molecule has 0 aliphatic carbocycles. The smallest absolute Gasteiger partial charge is 0.223 e. The molecule has 2 aromatic rings. The van der Waals surface area contributed by atoms with Gasteiger partial charge in [-0.25, -0.2) is 0 Å². The third-order valence-electron chi connectivity index (χ3n) is 6.01. The zero-order chi connectivity index (χ0) is 20.1. The first-order valence-corrected chi connectivity index (χ1v) is 10.6. The summed E-state index contributed by atoms with van der Waals surface area (Å²) in [5.74, 6) is 0.357. The number of carbonyl (C=O) groups is 1. The van der Waals surface area contributed by atoms with Crippen molar-refractivity contribution in [2.75, 3.05) is 13.1 Å². The molecule has 0 bridgehead atoms. The van der Waals surface area contributed by atoms with E-state index in [1.165, 1.54) is 27.8 Å². The van der Waals surface area contributed by atoms with Gasteiger partial charge in [-0.15, -0.1) is 0 Å². The van der Waals surface area contributed by atoms with Crippen molar-refractivity contribution in [3.05, 3.63) is 70.3 Å². The highest BCUT2D eigenvalue weighted by Crippen LogP contribution is 2.24. The molecular weight excluding hydrogens is 344 g/mol. The van der Waals surface area contributed by atoms with Crippen LogP contribution < -0.4 is 5.32 Å². The number of benzene rings is 2. The lowest BCUT2D eigenvalue weighted by Crippen LogP contribution is -2.41. The fourth-order valence-electron chi connectivity index (χ4n) is 4.21. The van der Waals surface area contributed by atoms with Crippen LogP contribution in [0.1, 0.15) is 60.0 Å². The second-order valence-corrected chi connectivity index (χ2v) is 8.37. The minimum Gasteiger partial charge on any atom is -0.349 e. The maximum Gasteiger partial charge on any atom is 0.223 e. The molecule has 0 radical (unpaired) electrons. The predicted octanol–water partition coefficient (Wildman–Crippen LogP) is 5.09. The molecule has 3 nitrogen and oxygen atoms in total. The molecule has 3 rings (SSSR count). The number of hydrogen-bond donors (Lipinski definition) is 1. The molecule has 1 N–H and O–H groups in total. The third kappa shape index (κ3) is 5.23. The van der Waals surface area contributed by atoms with Crippen molar-refractivity contribution in [3.8, 4) is 0 Å². The van der Waals surface area contributed by atoms with Gasteiger partial charge in [-0.05, 0) is 69.8 Å². The number of likely N-dealkylation sites (tertiary alicyclic amines) is 1. The van der Waals surface area contributed by atoms with E-state index < -0.39 is 0 Å². The number of nitrogens with zero attached hydrogens (tertiary/aromatic N) is 1. The molecule has 150 valence electrons. The van der Waals surface area contributed by atoms with Gasteiger partial charge in [0.1, 0.15) is 0 Å². The highest BCUT2D eigenvalue weighted by molar-refractivity contribution is 5.79. The maximum absolute atomic E-state index is 12.9. The average Bonchev–Trinajstić information content (AvgIpc) is 2.69. The summed E-state index contributed by atoms with van der Waals surface area (Å²) in [7, 11) is 0. The Labute approximate surface area is 170 Å². The molecule has 0 aromatic heterocycles. The van der Waals surface area contributed by atoms with Crippen molar-refractivity contribution in [3.63, 3.8) is 0 Å². The van der Waals surface area contributed by atoms with Gasteiger partial charge >= 0.3 is 0 Å². The average molecular weight is 379 g/mol. The summed E-state index contributed by atoms with van der Waals surface area (Å²) in [5, 5.41) is 3.33. The molecule has 1 unspecified atom stereocenters. The van der Waals surface area contributed by atoms with Crippen LogP contribution in [0, 0.1) is 26.7 Å². The van der Waals surface area contributed by atoms with E-state index >= 15 is 0 Å². The quantitative estimate of drug-likeness (QED) is 0.759. The second kappa shape index (κ2) is 9.38. The van der Waals surface area contributed by atoms with Gasteiger partial charge < -0.3 is 5.32 Å². The zero-order valence-corrected chi connectivity index (χ0v) is 17.8. The Morgan fingerprint density at radius 1 is 1.04 bits per heavy atom. The van der Waals surface area contributed by atoms with Crippen LogP contribution in [0.5, 0.6) is 0 Å². The van der Waals surface area contributed by atoms with Crippen LogP contribution in [0.25, 0.3) is 0 Å². The summed E-state index contributed by atoms with van der Waals surface area (Å²) in [6.45, 7) is 11.5. The Kier molecular flexibility index (Phi) is 6.90. The van der Waals surface area contributed by atoms with E-state index in [2.05, 4.69) is 80.4 Å². The van der Waals surface area contributed by atoms with Crippen LogP contribution >= 0.6 is 0 Å². The number of nitrogens with one attached hydrogen (secondary N) is 1. The lowest BCUT2D eigenvalue weighted by molar-refractivity contribution is -0.127. The molecule has 1 saturated heterocycles. The van der Waals surface area contributed by atoms with Gasteiger partial charge in [0.05, 0.1) is 6.04 Å². The number of piperidine rings is 1. The van der Waals surface area contributed by atoms with Crippen molar-refractivity contribution < 1.29 is 4.79 Å². The molecule has 1 heterocycles. The topological polar surface area (TPSA) is 32.3 Å². The molecule has 2 aromatic carbocycles. The van der Waals surface area contributed by atoms with Gasteiger partial charge in [0, 0.05) is 12.5 Å². The SMILES string of the molecule is CCC(NC(=O)C1CCN(Cc2ccc(C)cc2)CC1)c1ccc(C)cc1C. The highest BCUT2D eigenvalue weighted by atomic mass is 16.1. The number of rotatable bonds is 6. The molecule has 0 spiro atoms. The van der Waals surface area contributed by atoms with E-state index in [1.54, 1.807) is 0 Å². The molecule has 1 amide bonds. The first kappa shape index (κ1) is 20.6. The molecule has 3 heteroatoms. The van der Waals surface area contributed by atoms with E-state index in [0.717, 1.165) is 38.9 Å². The van der Waals surface area contributed by atoms with E-state index in [1.807, 2.05) is 0 Å². The first-order chi connectivity index (χ1) is 13.5. The van der Waals surface area contributed by atoms with E-state index in [-0.39, 0.29) is 17.9 Å². The predicted molar refractivity (Wildman–Crippen MR) is 116 cm³/mol. The molecular formula is C25H34N2O. The van der Waals surface area contributed by atoms with Crippen LogP contribution in [-0.2, 0) is 11.3 Å². The minimum atomic E-state index is 0.110. The van der Waals surface area contributed by atoms with Gasteiger partial charge in [-0.1, -0.05) is 60.5 Å².